The van der Waals surface area contributed by atoms with Crippen molar-refractivity contribution in [1.29, 1.82) is 0 Å². The molecule has 1 aliphatic heterocycles. The molecule has 2 unspecified atom stereocenters. The summed E-state index contributed by atoms with van der Waals surface area (Å²) in [5, 5.41) is 0. The fraction of sp³-hybridized carbons (Fsp3) is 1.00. The molecule has 0 aromatic heterocycles. The average molecular weight is 566 g/mol. The van der Waals surface area contributed by atoms with E-state index < -0.39 is 27.4 Å². The molecule has 0 aromatic carbocycles. The third kappa shape index (κ3) is 7.76. The molecule has 0 radical (unpaired) electrons. The molecular formula is C10H26Cl2P2Ti6. The van der Waals surface area contributed by atoms with Gasteiger partial charge in [-0.2, -0.15) is 0 Å². The van der Waals surface area contributed by atoms with Crippen LogP contribution in [0.2, 0.25) is 9.45 Å². The molecular weight excluding hydrogens is 540 g/mol. The van der Waals surface area contributed by atoms with Gasteiger partial charge in [0.15, 0.2) is 0 Å². The number of hydrogen-bond donors (Lipinski definition) is 0. The van der Waals surface area contributed by atoms with Gasteiger partial charge in [-0.1, -0.05) is 0 Å². The van der Waals surface area contributed by atoms with Crippen LogP contribution in [-0.4, -0.2) is 11.3 Å². The van der Waals surface area contributed by atoms with Crippen LogP contribution in [0, 0.1) is 0 Å². The summed E-state index contributed by atoms with van der Waals surface area (Å²) in [5.41, 5.74) is 1.76. The van der Waals surface area contributed by atoms with E-state index in [4.69, 9.17) is 18.6 Å². The Labute approximate surface area is 155 Å². The Morgan fingerprint density at radius 2 is 1.65 bits per heavy atom. The van der Waals surface area contributed by atoms with E-state index in [0.29, 0.717) is 12.7 Å². The first kappa shape index (κ1) is 23.8. The molecule has 1 aliphatic rings. The summed E-state index contributed by atoms with van der Waals surface area (Å²) in [5.74, 6) is 0. The van der Waals surface area contributed by atoms with E-state index in [0.717, 1.165) is 17.9 Å². The van der Waals surface area contributed by atoms with Crippen LogP contribution in [0.5, 0.6) is 0 Å². The normalized spacial score (nSPS) is 26.5. The molecule has 0 nitrogen and oxygen atoms in total. The van der Waals surface area contributed by atoms with Crippen LogP contribution >= 0.6 is 31.8 Å². The second kappa shape index (κ2) is 9.78. The van der Waals surface area contributed by atoms with Crippen molar-refractivity contribution < 1.29 is 65.6 Å². The Morgan fingerprint density at radius 3 is 2.05 bits per heavy atom. The molecule has 0 aromatic rings. The second-order valence-corrected chi connectivity index (χ2v) is 131. The van der Waals surface area contributed by atoms with Crippen LogP contribution < -0.4 is 0 Å². The summed E-state index contributed by atoms with van der Waals surface area (Å²) in [6.07, 6.45) is -2.84. The van der Waals surface area contributed by atoms with Crippen LogP contribution in [0.1, 0.15) is 41.5 Å². The fourth-order valence-electron chi connectivity index (χ4n) is 2.52. The molecule has 0 spiro atoms. The monoisotopic (exact) mass is 566 g/mol. The number of rotatable bonds is 6. The number of halogens is 2. The summed E-state index contributed by atoms with van der Waals surface area (Å²) in [7, 11) is 13.0. The van der Waals surface area contributed by atoms with E-state index >= 15 is 0 Å². The van der Waals surface area contributed by atoms with Crippen molar-refractivity contribution in [3.05, 3.63) is 0 Å². The fourth-order valence-corrected chi connectivity index (χ4v) is 673. The first-order chi connectivity index (χ1) is 9.02. The van der Waals surface area contributed by atoms with Gasteiger partial charge in [-0.15, -0.1) is 0 Å². The molecule has 0 N–H and O–H groups in total. The van der Waals surface area contributed by atoms with Gasteiger partial charge in [0.2, 0.25) is 0 Å². The van der Waals surface area contributed by atoms with Crippen molar-refractivity contribution in [2.75, 3.05) is 0 Å². The molecule has 1 rings (SSSR count). The Morgan fingerprint density at radius 1 is 1.10 bits per heavy atom. The van der Waals surface area contributed by atoms with Gasteiger partial charge in [-0.3, -0.25) is 0 Å². The summed E-state index contributed by atoms with van der Waals surface area (Å²) >= 11 is 0.899. The van der Waals surface area contributed by atoms with Crippen molar-refractivity contribution in [1.82, 2.24) is 0 Å². The number of hydrogen-bond acceptors (Lipinski definition) is 0. The third-order valence-corrected chi connectivity index (χ3v) is 265. The molecule has 1 heterocycles. The van der Waals surface area contributed by atoms with E-state index in [2.05, 4.69) is 41.5 Å². The van der Waals surface area contributed by atoms with E-state index in [1.165, 1.54) is 6.57 Å². The van der Waals surface area contributed by atoms with Crippen molar-refractivity contribution in [2.24, 2.45) is 0 Å². The minimum absolute atomic E-state index is 0.159. The van der Waals surface area contributed by atoms with Gasteiger partial charge in [0.05, 0.1) is 0 Å². The zero-order valence-corrected chi connectivity index (χ0v) is 26.2. The molecule has 0 saturated carbocycles. The topological polar surface area (TPSA) is 0 Å². The summed E-state index contributed by atoms with van der Waals surface area (Å²) in [6.45, 7) is 17.2. The van der Waals surface area contributed by atoms with Crippen LogP contribution in [0.3, 0.4) is 0 Å². The average Bonchev–Trinajstić information content (AvgIpc) is 2.24. The predicted octanol–water partition coefficient (Wildman–Crippen LogP) is 6.39. The Kier molecular flexibility index (Phi) is 11.6. The van der Waals surface area contributed by atoms with Gasteiger partial charge in [0.25, 0.3) is 0 Å². The molecule has 10 heteroatoms. The summed E-state index contributed by atoms with van der Waals surface area (Å²) in [4.78, 5) is 0. The first-order valence-electron chi connectivity index (χ1n) is 7.39. The van der Waals surface area contributed by atoms with Gasteiger partial charge >= 0.3 is 160 Å². The second-order valence-electron chi connectivity index (χ2n) is 6.15. The molecule has 0 aliphatic carbocycles. The van der Waals surface area contributed by atoms with Crippen LogP contribution in [0.25, 0.3) is 0 Å². The maximum atomic E-state index is 7.54. The molecule has 114 valence electrons. The van der Waals surface area contributed by atoms with E-state index in [1.54, 1.807) is 9.45 Å². The van der Waals surface area contributed by atoms with Crippen molar-refractivity contribution in [3.63, 3.8) is 0 Å². The van der Waals surface area contributed by atoms with E-state index in [9.17, 15) is 0 Å². The molecule has 1 saturated heterocycles. The van der Waals surface area contributed by atoms with Gasteiger partial charge in [0.1, 0.15) is 0 Å². The van der Waals surface area contributed by atoms with Gasteiger partial charge in [-0.25, -0.2) is 0 Å². The van der Waals surface area contributed by atoms with Crippen LogP contribution in [-0.2, 0) is 65.6 Å². The molecule has 0 bridgehead atoms. The van der Waals surface area contributed by atoms with Crippen molar-refractivity contribution in [2.45, 2.75) is 62.3 Å². The SMILES string of the molecule is C[CH2][Ti]1([CH2]C)[Ti][Ti]([PH]C(C)C)[Ti][Ti]([Cl])([Cl])([PH]C(C)C)[Ti]1. The van der Waals surface area contributed by atoms with Crippen molar-refractivity contribution in [3.8, 4) is 0 Å². The van der Waals surface area contributed by atoms with Crippen molar-refractivity contribution >= 4 is 31.8 Å². The van der Waals surface area contributed by atoms with Gasteiger partial charge < -0.3 is 0 Å². The molecule has 2 atom stereocenters. The van der Waals surface area contributed by atoms with Crippen LogP contribution in [0.15, 0.2) is 0 Å². The Hall–Kier alpha value is 5.73. The van der Waals surface area contributed by atoms with E-state index in [-0.39, 0.29) is 25.5 Å². The molecule has 20 heavy (non-hydrogen) atoms. The molecule has 1 fully saturated rings. The predicted molar refractivity (Wildman–Crippen MR) is 79.6 cm³/mol. The molecule has 0 amide bonds. The Balaban J connectivity index is 3.06. The van der Waals surface area contributed by atoms with Gasteiger partial charge in [0, 0.05) is 0 Å². The third-order valence-electron chi connectivity index (χ3n) is 3.35. The zero-order chi connectivity index (χ0) is 15.6. The standard InChI is InChI=1S/2C3H8P.2C2H5.2ClH.6Ti/c2*1-3(2)4;2*1-2;;;;;;;;/h2*3-4H,1-2H3;2*1H2,2H3;2*1H;;;;;;/q2*-1;;;;;;;;;+1;+3/p-2. The van der Waals surface area contributed by atoms with Gasteiger partial charge in [-0.05, 0) is 0 Å². The minimum atomic E-state index is -2.84. The summed E-state index contributed by atoms with van der Waals surface area (Å²) < 4.78 is 3.23. The first-order valence-corrected chi connectivity index (χ1v) is 44.7. The van der Waals surface area contributed by atoms with Crippen LogP contribution in [0.4, 0.5) is 0 Å². The van der Waals surface area contributed by atoms with E-state index in [1.807, 2.05) is 0 Å². The Bertz CT molecular complexity index is 338. The quantitative estimate of drug-likeness (QED) is 0.259. The zero-order valence-electron chi connectivity index (χ0n) is 13.3. The summed E-state index contributed by atoms with van der Waals surface area (Å²) in [6, 6.07) is 0. The maximum absolute atomic E-state index is 7.54.